The van der Waals surface area contributed by atoms with Crippen molar-refractivity contribution in [3.05, 3.63) is 0 Å². The third kappa shape index (κ3) is 4.72. The van der Waals surface area contributed by atoms with Gasteiger partial charge in [-0.25, -0.2) is 0 Å². The van der Waals surface area contributed by atoms with Crippen molar-refractivity contribution in [2.75, 3.05) is 0 Å². The Hall–Kier alpha value is -0.480. The summed E-state index contributed by atoms with van der Waals surface area (Å²) in [4.78, 5) is 0. The average Bonchev–Trinajstić information content (AvgIpc) is 2.43. The van der Waals surface area contributed by atoms with E-state index in [-0.39, 0.29) is 0 Å². The maximum Gasteiger partial charge on any atom is 0.125 e. The fourth-order valence-electron chi connectivity index (χ4n) is 3.02. The normalized spacial score (nSPS) is 35.1. The molecule has 2 fully saturated rings. The Labute approximate surface area is 108 Å². The molecule has 0 spiro atoms. The summed E-state index contributed by atoms with van der Waals surface area (Å²) in [5, 5.41) is 9.98. The van der Waals surface area contributed by atoms with Gasteiger partial charge in [-0.2, -0.15) is 0 Å². The summed E-state index contributed by atoms with van der Waals surface area (Å²) < 4.78 is 0. The van der Waals surface area contributed by atoms with Crippen LogP contribution in [0.4, 0.5) is 0 Å². The standard InChI is InChI=1S/C12H18O.2C2H6/c1-2-12(13)8-7-10-5-3-4-6-11(10)9-12;2*1-2/h1,10-11,13H,3-9H2;2*1-2H3. The van der Waals surface area contributed by atoms with Crippen LogP contribution in [0, 0.1) is 24.2 Å². The summed E-state index contributed by atoms with van der Waals surface area (Å²) in [6, 6.07) is 0. The Morgan fingerprint density at radius 3 is 2.06 bits per heavy atom. The fraction of sp³-hybridized carbons (Fsp3) is 0.875. The first kappa shape index (κ1) is 16.5. The van der Waals surface area contributed by atoms with Gasteiger partial charge in [-0.1, -0.05) is 59.3 Å². The second-order valence-corrected chi connectivity index (χ2v) is 4.72. The summed E-state index contributed by atoms with van der Waals surface area (Å²) in [6.45, 7) is 8.00. The molecule has 0 amide bonds. The van der Waals surface area contributed by atoms with Crippen molar-refractivity contribution in [1.82, 2.24) is 0 Å². The van der Waals surface area contributed by atoms with Crippen LogP contribution >= 0.6 is 0 Å². The van der Waals surface area contributed by atoms with Gasteiger partial charge in [-0.3, -0.25) is 0 Å². The summed E-state index contributed by atoms with van der Waals surface area (Å²) in [7, 11) is 0. The predicted octanol–water partition coefficient (Wildman–Crippen LogP) is 4.39. The summed E-state index contributed by atoms with van der Waals surface area (Å²) >= 11 is 0. The van der Waals surface area contributed by atoms with Crippen LogP contribution in [-0.2, 0) is 0 Å². The van der Waals surface area contributed by atoms with E-state index in [4.69, 9.17) is 6.42 Å². The molecule has 0 aliphatic heterocycles. The van der Waals surface area contributed by atoms with E-state index in [0.29, 0.717) is 5.92 Å². The molecular weight excluding hydrogens is 208 g/mol. The third-order valence-corrected chi connectivity index (χ3v) is 3.86. The minimum atomic E-state index is -0.765. The monoisotopic (exact) mass is 238 g/mol. The van der Waals surface area contributed by atoms with Gasteiger partial charge in [0.15, 0.2) is 0 Å². The van der Waals surface area contributed by atoms with Crippen LogP contribution in [0.15, 0.2) is 0 Å². The van der Waals surface area contributed by atoms with Gasteiger partial charge >= 0.3 is 0 Å². The number of fused-ring (bicyclic) bond motifs is 1. The summed E-state index contributed by atoms with van der Waals surface area (Å²) in [5.74, 6) is 4.14. The molecule has 1 nitrogen and oxygen atoms in total. The van der Waals surface area contributed by atoms with Gasteiger partial charge in [0.2, 0.25) is 0 Å². The highest BCUT2D eigenvalue weighted by atomic mass is 16.3. The van der Waals surface area contributed by atoms with E-state index in [2.05, 4.69) is 5.92 Å². The van der Waals surface area contributed by atoms with Crippen molar-refractivity contribution in [1.29, 1.82) is 0 Å². The molecule has 0 aromatic carbocycles. The first-order valence-corrected chi connectivity index (χ1v) is 7.44. The summed E-state index contributed by atoms with van der Waals surface area (Å²) in [6.07, 6.45) is 13.6. The second kappa shape index (κ2) is 8.59. The van der Waals surface area contributed by atoms with Gasteiger partial charge in [0.05, 0.1) is 0 Å². The number of hydrogen-bond donors (Lipinski definition) is 1. The van der Waals surface area contributed by atoms with E-state index in [1.54, 1.807) is 0 Å². The lowest BCUT2D eigenvalue weighted by Gasteiger charge is -2.41. The topological polar surface area (TPSA) is 20.2 Å². The Kier molecular flexibility index (Phi) is 8.35. The van der Waals surface area contributed by atoms with Crippen molar-refractivity contribution < 1.29 is 5.11 Å². The number of rotatable bonds is 0. The van der Waals surface area contributed by atoms with Gasteiger partial charge < -0.3 is 5.11 Å². The lowest BCUT2D eigenvalue weighted by atomic mass is 9.66. The molecule has 17 heavy (non-hydrogen) atoms. The van der Waals surface area contributed by atoms with Crippen molar-refractivity contribution >= 4 is 0 Å². The van der Waals surface area contributed by atoms with E-state index in [9.17, 15) is 5.11 Å². The fourth-order valence-corrected chi connectivity index (χ4v) is 3.02. The average molecular weight is 238 g/mol. The summed E-state index contributed by atoms with van der Waals surface area (Å²) in [5.41, 5.74) is -0.765. The maximum atomic E-state index is 9.98. The molecule has 0 bridgehead atoms. The number of hydrogen-bond acceptors (Lipinski definition) is 1. The van der Waals surface area contributed by atoms with E-state index < -0.39 is 5.60 Å². The first-order chi connectivity index (χ1) is 8.23. The van der Waals surface area contributed by atoms with Crippen LogP contribution in [-0.4, -0.2) is 10.7 Å². The molecule has 3 unspecified atom stereocenters. The highest BCUT2D eigenvalue weighted by molar-refractivity contribution is 5.10. The van der Waals surface area contributed by atoms with E-state index in [1.165, 1.54) is 25.7 Å². The SMILES string of the molecule is C#CC1(O)CCC2CCCCC2C1.CC.CC. The molecule has 2 aliphatic carbocycles. The van der Waals surface area contributed by atoms with Crippen molar-refractivity contribution in [3.63, 3.8) is 0 Å². The second-order valence-electron chi connectivity index (χ2n) is 4.72. The molecule has 0 heterocycles. The molecule has 3 atom stereocenters. The van der Waals surface area contributed by atoms with Crippen molar-refractivity contribution in [2.45, 2.75) is 78.2 Å². The maximum absolute atomic E-state index is 9.98. The number of terminal acetylenes is 1. The molecule has 0 aromatic rings. The Morgan fingerprint density at radius 1 is 1.00 bits per heavy atom. The number of aliphatic hydroxyl groups is 1. The minimum absolute atomic E-state index is 0.712. The lowest BCUT2D eigenvalue weighted by Crippen LogP contribution is -2.39. The molecule has 2 rings (SSSR count). The van der Waals surface area contributed by atoms with Crippen LogP contribution in [0.1, 0.15) is 72.6 Å². The molecule has 1 N–H and O–H groups in total. The van der Waals surface area contributed by atoms with Gasteiger partial charge in [0.25, 0.3) is 0 Å². The van der Waals surface area contributed by atoms with Crippen LogP contribution in [0.5, 0.6) is 0 Å². The molecule has 1 heteroatoms. The van der Waals surface area contributed by atoms with Gasteiger partial charge in [-0.15, -0.1) is 6.42 Å². The molecular formula is C16H30O. The predicted molar refractivity (Wildman–Crippen MR) is 75.8 cm³/mol. The quantitative estimate of drug-likeness (QED) is 0.620. The zero-order valence-electron chi connectivity index (χ0n) is 12.1. The smallest absolute Gasteiger partial charge is 0.125 e. The molecule has 2 saturated carbocycles. The molecule has 0 radical (unpaired) electrons. The van der Waals surface area contributed by atoms with Crippen molar-refractivity contribution in [3.8, 4) is 12.3 Å². The zero-order chi connectivity index (χ0) is 13.3. The van der Waals surface area contributed by atoms with Crippen LogP contribution in [0.25, 0.3) is 0 Å². The van der Waals surface area contributed by atoms with Gasteiger partial charge in [0, 0.05) is 0 Å². The molecule has 0 aromatic heterocycles. The lowest BCUT2D eigenvalue weighted by molar-refractivity contribution is -0.000919. The minimum Gasteiger partial charge on any atom is -0.378 e. The molecule has 100 valence electrons. The van der Waals surface area contributed by atoms with Crippen molar-refractivity contribution in [2.24, 2.45) is 11.8 Å². The Balaban J connectivity index is 0.000000581. The largest absolute Gasteiger partial charge is 0.378 e. The highest BCUT2D eigenvalue weighted by Crippen LogP contribution is 2.43. The van der Waals surface area contributed by atoms with Crippen LogP contribution < -0.4 is 0 Å². The molecule has 2 aliphatic rings. The first-order valence-electron chi connectivity index (χ1n) is 7.44. The molecule has 0 saturated heterocycles. The van der Waals surface area contributed by atoms with E-state index in [0.717, 1.165) is 25.2 Å². The van der Waals surface area contributed by atoms with Crippen LogP contribution in [0.2, 0.25) is 0 Å². The Morgan fingerprint density at radius 2 is 1.53 bits per heavy atom. The van der Waals surface area contributed by atoms with E-state index >= 15 is 0 Å². The van der Waals surface area contributed by atoms with E-state index in [1.807, 2.05) is 27.7 Å². The Bertz CT molecular complexity index is 228. The third-order valence-electron chi connectivity index (χ3n) is 3.86. The highest BCUT2D eigenvalue weighted by Gasteiger charge is 2.38. The van der Waals surface area contributed by atoms with Gasteiger partial charge in [-0.05, 0) is 31.1 Å². The zero-order valence-corrected chi connectivity index (χ0v) is 12.1. The van der Waals surface area contributed by atoms with Gasteiger partial charge in [0.1, 0.15) is 5.60 Å². The van der Waals surface area contributed by atoms with Crippen LogP contribution in [0.3, 0.4) is 0 Å².